The molecule has 1 aliphatic rings. The minimum absolute atomic E-state index is 0.122. The normalized spacial score (nSPS) is 17.2. The smallest absolute Gasteiger partial charge is 0.189 e. The lowest BCUT2D eigenvalue weighted by atomic mass is 10.0. The summed E-state index contributed by atoms with van der Waals surface area (Å²) >= 11 is 0. The molecule has 3 N–H and O–H groups in total. The summed E-state index contributed by atoms with van der Waals surface area (Å²) in [5.41, 5.74) is 10.2. The van der Waals surface area contributed by atoms with E-state index in [2.05, 4.69) is 38.8 Å². The Kier molecular flexibility index (Phi) is 4.01. The van der Waals surface area contributed by atoms with Crippen molar-refractivity contribution in [2.24, 2.45) is 10.7 Å². The topological polar surface area (TPSA) is 76.9 Å². The minimum Gasteiger partial charge on any atom is -0.493 e. The van der Waals surface area contributed by atoms with Gasteiger partial charge in [-0.25, -0.2) is 9.98 Å². The van der Waals surface area contributed by atoms with Crippen molar-refractivity contribution in [2.45, 2.75) is 25.9 Å². The number of nitrogens with two attached hydrogens (primary N) is 1. The Morgan fingerprint density at radius 1 is 1.32 bits per heavy atom. The van der Waals surface area contributed by atoms with Crippen molar-refractivity contribution >= 4 is 11.6 Å². The Morgan fingerprint density at radius 2 is 2.20 bits per heavy atom. The van der Waals surface area contributed by atoms with Gasteiger partial charge in [0, 0.05) is 23.9 Å². The van der Waals surface area contributed by atoms with Crippen molar-refractivity contribution in [1.82, 2.24) is 14.7 Å². The van der Waals surface area contributed by atoms with Crippen LogP contribution >= 0.6 is 0 Å². The van der Waals surface area contributed by atoms with Crippen LogP contribution in [-0.2, 0) is 6.54 Å². The molecule has 25 heavy (non-hydrogen) atoms. The molecule has 1 atom stereocenters. The van der Waals surface area contributed by atoms with Gasteiger partial charge >= 0.3 is 0 Å². The van der Waals surface area contributed by atoms with Crippen LogP contribution in [0, 0.1) is 6.92 Å². The highest BCUT2D eigenvalue weighted by atomic mass is 16.5. The van der Waals surface area contributed by atoms with Gasteiger partial charge in [0.2, 0.25) is 0 Å². The number of benzene rings is 1. The van der Waals surface area contributed by atoms with Crippen molar-refractivity contribution in [2.75, 3.05) is 6.61 Å². The van der Waals surface area contributed by atoms with Crippen LogP contribution in [0.1, 0.15) is 29.4 Å². The number of para-hydroxylation sites is 1. The maximum atomic E-state index is 6.10. The SMILES string of the molecule is Cc1cccc2nc(CN=C(N)NC3CCOc4ccccc43)cn12. The van der Waals surface area contributed by atoms with Gasteiger partial charge in [-0.05, 0) is 25.1 Å². The lowest BCUT2D eigenvalue weighted by Crippen LogP contribution is -2.37. The first kappa shape index (κ1) is 15.5. The Bertz CT molecular complexity index is 930. The van der Waals surface area contributed by atoms with Crippen LogP contribution < -0.4 is 15.8 Å². The van der Waals surface area contributed by atoms with Gasteiger partial charge in [0.15, 0.2) is 5.96 Å². The first-order valence-corrected chi connectivity index (χ1v) is 8.42. The number of ether oxygens (including phenoxy) is 1. The average Bonchev–Trinajstić information content (AvgIpc) is 3.05. The van der Waals surface area contributed by atoms with E-state index in [0.29, 0.717) is 19.1 Å². The van der Waals surface area contributed by atoms with Crippen molar-refractivity contribution in [3.8, 4) is 5.75 Å². The van der Waals surface area contributed by atoms with Crippen LogP contribution in [-0.4, -0.2) is 22.0 Å². The van der Waals surface area contributed by atoms with E-state index in [0.717, 1.165) is 34.8 Å². The molecule has 0 spiro atoms. The number of guanidine groups is 1. The van der Waals surface area contributed by atoms with E-state index in [1.807, 2.05) is 36.5 Å². The first-order chi connectivity index (χ1) is 12.2. The van der Waals surface area contributed by atoms with Crippen molar-refractivity contribution in [1.29, 1.82) is 0 Å². The largest absolute Gasteiger partial charge is 0.493 e. The summed E-state index contributed by atoms with van der Waals surface area (Å²) in [6.07, 6.45) is 2.87. The second kappa shape index (κ2) is 6.47. The fraction of sp³-hybridized carbons (Fsp3) is 0.263. The lowest BCUT2D eigenvalue weighted by Gasteiger charge is -2.26. The zero-order chi connectivity index (χ0) is 17.2. The Morgan fingerprint density at radius 3 is 3.08 bits per heavy atom. The molecule has 0 saturated carbocycles. The van der Waals surface area contributed by atoms with Crippen molar-refractivity contribution in [3.63, 3.8) is 0 Å². The monoisotopic (exact) mass is 335 g/mol. The highest BCUT2D eigenvalue weighted by Crippen LogP contribution is 2.31. The maximum Gasteiger partial charge on any atom is 0.189 e. The molecule has 6 nitrogen and oxygen atoms in total. The van der Waals surface area contributed by atoms with Gasteiger partial charge in [-0.15, -0.1) is 0 Å². The second-order valence-electron chi connectivity index (χ2n) is 6.20. The molecular formula is C19H21N5O. The quantitative estimate of drug-likeness (QED) is 0.570. The number of aryl methyl sites for hydroxylation is 1. The molecule has 0 aliphatic carbocycles. The van der Waals surface area contributed by atoms with E-state index >= 15 is 0 Å². The fourth-order valence-corrected chi connectivity index (χ4v) is 3.16. The molecule has 2 aromatic heterocycles. The second-order valence-corrected chi connectivity index (χ2v) is 6.20. The molecule has 1 unspecified atom stereocenters. The molecule has 0 radical (unpaired) electrons. The summed E-state index contributed by atoms with van der Waals surface area (Å²) in [7, 11) is 0. The Balaban J connectivity index is 1.48. The predicted octanol–water partition coefficient (Wildman–Crippen LogP) is 2.57. The Hall–Kier alpha value is -3.02. The molecule has 128 valence electrons. The van der Waals surface area contributed by atoms with E-state index in [1.165, 1.54) is 0 Å². The third-order valence-electron chi connectivity index (χ3n) is 4.44. The summed E-state index contributed by atoms with van der Waals surface area (Å²) in [5.74, 6) is 1.34. The molecular weight excluding hydrogens is 314 g/mol. The number of aliphatic imine (C=N–C) groups is 1. The number of hydrogen-bond donors (Lipinski definition) is 2. The maximum absolute atomic E-state index is 6.10. The van der Waals surface area contributed by atoms with Gasteiger partial charge in [0.25, 0.3) is 0 Å². The predicted molar refractivity (Wildman–Crippen MR) is 97.7 cm³/mol. The molecule has 3 aromatic rings. The number of fused-ring (bicyclic) bond motifs is 2. The van der Waals surface area contributed by atoms with E-state index in [-0.39, 0.29) is 6.04 Å². The standard InChI is InChI=1S/C19H21N5O/c1-13-5-4-8-18-22-14(12-24(13)18)11-21-19(20)23-16-9-10-25-17-7-3-2-6-15(16)17/h2-8,12,16H,9-11H2,1H3,(H3,20,21,23). The van der Waals surface area contributed by atoms with E-state index in [9.17, 15) is 0 Å². The zero-order valence-corrected chi connectivity index (χ0v) is 14.1. The molecule has 1 aromatic carbocycles. The van der Waals surface area contributed by atoms with E-state index in [1.54, 1.807) is 0 Å². The zero-order valence-electron chi connectivity index (χ0n) is 14.1. The molecule has 1 aliphatic heterocycles. The van der Waals surface area contributed by atoms with Gasteiger partial charge in [0.1, 0.15) is 11.4 Å². The van der Waals surface area contributed by atoms with Gasteiger partial charge < -0.3 is 20.2 Å². The van der Waals surface area contributed by atoms with Crippen molar-refractivity contribution in [3.05, 3.63) is 65.6 Å². The summed E-state index contributed by atoms with van der Waals surface area (Å²) < 4.78 is 7.73. The average molecular weight is 335 g/mol. The van der Waals surface area contributed by atoms with Gasteiger partial charge in [-0.3, -0.25) is 0 Å². The number of nitrogens with one attached hydrogen (secondary N) is 1. The molecule has 4 rings (SSSR count). The Labute approximate surface area is 146 Å². The number of pyridine rings is 1. The van der Waals surface area contributed by atoms with Gasteiger partial charge in [0.05, 0.1) is 24.9 Å². The number of nitrogens with zero attached hydrogens (tertiary/aromatic N) is 3. The summed E-state index contributed by atoms with van der Waals surface area (Å²) in [6.45, 7) is 3.18. The molecule has 0 bridgehead atoms. The minimum atomic E-state index is 0.122. The van der Waals surface area contributed by atoms with Gasteiger partial charge in [-0.2, -0.15) is 0 Å². The van der Waals surface area contributed by atoms with Crippen LogP contribution in [0.3, 0.4) is 0 Å². The van der Waals surface area contributed by atoms with E-state index in [4.69, 9.17) is 10.5 Å². The lowest BCUT2D eigenvalue weighted by molar-refractivity contribution is 0.262. The summed E-state index contributed by atoms with van der Waals surface area (Å²) in [6, 6.07) is 14.2. The highest BCUT2D eigenvalue weighted by Gasteiger charge is 2.21. The van der Waals surface area contributed by atoms with Gasteiger partial charge in [-0.1, -0.05) is 24.3 Å². The van der Waals surface area contributed by atoms with Crippen molar-refractivity contribution < 1.29 is 4.74 Å². The molecule has 3 heterocycles. The van der Waals surface area contributed by atoms with Crippen LogP contribution in [0.25, 0.3) is 5.65 Å². The third kappa shape index (κ3) is 3.15. The number of imidazole rings is 1. The van der Waals surface area contributed by atoms with Crippen LogP contribution in [0.4, 0.5) is 0 Å². The van der Waals surface area contributed by atoms with Crippen LogP contribution in [0.5, 0.6) is 5.75 Å². The first-order valence-electron chi connectivity index (χ1n) is 8.42. The highest BCUT2D eigenvalue weighted by molar-refractivity contribution is 5.78. The molecule has 0 fully saturated rings. The van der Waals surface area contributed by atoms with Crippen LogP contribution in [0.2, 0.25) is 0 Å². The number of hydrogen-bond acceptors (Lipinski definition) is 3. The van der Waals surface area contributed by atoms with E-state index < -0.39 is 0 Å². The molecule has 0 amide bonds. The number of aromatic nitrogens is 2. The summed E-state index contributed by atoms with van der Waals surface area (Å²) in [5, 5.41) is 3.30. The molecule has 6 heteroatoms. The van der Waals surface area contributed by atoms with Crippen LogP contribution in [0.15, 0.2) is 53.7 Å². The summed E-state index contributed by atoms with van der Waals surface area (Å²) in [4.78, 5) is 9.03. The third-order valence-corrected chi connectivity index (χ3v) is 4.44. The number of rotatable bonds is 3. The fourth-order valence-electron chi connectivity index (χ4n) is 3.16. The molecule has 0 saturated heterocycles.